The molecule has 0 fully saturated rings. The van der Waals surface area contributed by atoms with Crippen molar-refractivity contribution in [2.75, 3.05) is 13.2 Å². The van der Waals surface area contributed by atoms with Crippen molar-refractivity contribution in [3.8, 4) is 5.75 Å². The minimum Gasteiger partial charge on any atom is -0.486 e. The molecule has 0 bridgehead atoms. The third-order valence-electron chi connectivity index (χ3n) is 2.39. The lowest BCUT2D eigenvalue weighted by atomic mass is 10.1. The maximum atomic E-state index is 11.5. The van der Waals surface area contributed by atoms with Crippen LogP contribution in [0.4, 0.5) is 0 Å². The molecule has 0 radical (unpaired) electrons. The molecule has 0 unspecified atom stereocenters. The molecule has 0 saturated carbocycles. The molecule has 0 saturated heterocycles. The molecule has 4 heteroatoms. The van der Waals surface area contributed by atoms with Gasteiger partial charge in [0.05, 0.1) is 6.61 Å². The Morgan fingerprint density at radius 3 is 2.56 bits per heavy atom. The molecule has 1 aromatic rings. The Balaban J connectivity index is 2.45. The Morgan fingerprint density at radius 1 is 1.17 bits per heavy atom. The fourth-order valence-electron chi connectivity index (χ4n) is 1.52. The van der Waals surface area contributed by atoms with Crippen LogP contribution in [0.25, 0.3) is 0 Å². The van der Waals surface area contributed by atoms with Crippen LogP contribution in [0, 0.1) is 0 Å². The van der Waals surface area contributed by atoms with Gasteiger partial charge in [0.1, 0.15) is 18.8 Å². The van der Waals surface area contributed by atoms with Crippen molar-refractivity contribution in [2.24, 2.45) is 0 Å². The number of esters is 1. The Morgan fingerprint density at radius 2 is 1.89 bits per heavy atom. The Labute approximate surface area is 107 Å². The summed E-state index contributed by atoms with van der Waals surface area (Å²) < 4.78 is 10.1. The van der Waals surface area contributed by atoms with Gasteiger partial charge in [-0.15, -0.1) is 0 Å². The summed E-state index contributed by atoms with van der Waals surface area (Å²) in [6.07, 6.45) is 0.602. The smallest absolute Gasteiger partial charge is 0.313 e. The highest BCUT2D eigenvalue weighted by Crippen LogP contribution is 2.18. The van der Waals surface area contributed by atoms with Crippen molar-refractivity contribution in [1.29, 1.82) is 0 Å². The Kier molecular flexibility index (Phi) is 5.91. The highest BCUT2D eigenvalue weighted by molar-refractivity contribution is 5.96. The van der Waals surface area contributed by atoms with Gasteiger partial charge >= 0.3 is 5.97 Å². The van der Waals surface area contributed by atoms with Crippen LogP contribution in [0.15, 0.2) is 24.3 Å². The van der Waals surface area contributed by atoms with Gasteiger partial charge in [-0.1, -0.05) is 25.1 Å². The van der Waals surface area contributed by atoms with Gasteiger partial charge in [-0.2, -0.15) is 0 Å². The minimum atomic E-state index is -0.505. The van der Waals surface area contributed by atoms with Crippen LogP contribution in [0.3, 0.4) is 0 Å². The highest BCUT2D eigenvalue weighted by Gasteiger charge is 2.11. The number of Topliss-reactive ketones (excluding diaryl/α,β-unsaturated/α-hetero) is 1. The number of para-hydroxylation sites is 1. The average Bonchev–Trinajstić information content (AvgIpc) is 2.37. The van der Waals surface area contributed by atoms with Crippen molar-refractivity contribution in [1.82, 2.24) is 0 Å². The first-order chi connectivity index (χ1) is 8.67. The molecular weight excluding hydrogens is 232 g/mol. The number of ether oxygens (including phenoxy) is 2. The van der Waals surface area contributed by atoms with Crippen LogP contribution in [0.5, 0.6) is 5.75 Å². The molecule has 0 aliphatic heterocycles. The van der Waals surface area contributed by atoms with E-state index in [-0.39, 0.29) is 25.4 Å². The summed E-state index contributed by atoms with van der Waals surface area (Å²) in [5.41, 5.74) is 1.04. The highest BCUT2D eigenvalue weighted by atomic mass is 16.5. The molecule has 0 aliphatic carbocycles. The van der Waals surface area contributed by atoms with Gasteiger partial charge in [-0.3, -0.25) is 9.59 Å². The van der Waals surface area contributed by atoms with E-state index in [0.29, 0.717) is 5.75 Å². The monoisotopic (exact) mass is 250 g/mol. The summed E-state index contributed by atoms with van der Waals surface area (Å²) in [4.78, 5) is 22.6. The van der Waals surface area contributed by atoms with Gasteiger partial charge in [0.25, 0.3) is 0 Å². The third-order valence-corrected chi connectivity index (χ3v) is 2.39. The number of aryl methyl sites for hydroxylation is 1. The third kappa shape index (κ3) is 4.57. The van der Waals surface area contributed by atoms with Gasteiger partial charge in [-0.25, -0.2) is 0 Å². The minimum absolute atomic E-state index is 0.101. The molecule has 1 rings (SSSR count). The number of benzene rings is 1. The largest absolute Gasteiger partial charge is 0.486 e. The number of rotatable bonds is 7. The molecule has 0 N–H and O–H groups in total. The van der Waals surface area contributed by atoms with Crippen LogP contribution in [0.1, 0.15) is 25.8 Å². The quantitative estimate of drug-likeness (QED) is 0.549. The average molecular weight is 250 g/mol. The molecule has 0 spiro atoms. The van der Waals surface area contributed by atoms with E-state index < -0.39 is 5.97 Å². The molecule has 0 heterocycles. The van der Waals surface area contributed by atoms with E-state index in [2.05, 4.69) is 0 Å². The van der Waals surface area contributed by atoms with E-state index in [1.807, 2.05) is 31.2 Å². The van der Waals surface area contributed by atoms with Gasteiger partial charge in [0.2, 0.25) is 0 Å². The van der Waals surface area contributed by atoms with Crippen molar-refractivity contribution in [2.45, 2.75) is 26.7 Å². The number of ketones is 1. The standard InChI is InChI=1S/C14H18O4/c1-3-11-7-5-6-8-13(11)18-10-12(15)9-14(16)17-4-2/h5-8H,3-4,9-10H2,1-2H3. The second-order valence-corrected chi connectivity index (χ2v) is 3.77. The zero-order valence-corrected chi connectivity index (χ0v) is 10.8. The zero-order chi connectivity index (χ0) is 13.4. The predicted octanol–water partition coefficient (Wildman–Crippen LogP) is 2.15. The molecular formula is C14H18O4. The molecule has 0 atom stereocenters. The summed E-state index contributed by atoms with van der Waals surface area (Å²) in [6, 6.07) is 7.54. The Bertz CT molecular complexity index is 412. The molecule has 4 nitrogen and oxygen atoms in total. The molecule has 0 aromatic heterocycles. The zero-order valence-electron chi connectivity index (χ0n) is 10.8. The molecule has 0 amide bonds. The van der Waals surface area contributed by atoms with Crippen LogP contribution >= 0.6 is 0 Å². The van der Waals surface area contributed by atoms with E-state index in [9.17, 15) is 9.59 Å². The van der Waals surface area contributed by atoms with E-state index in [4.69, 9.17) is 9.47 Å². The maximum absolute atomic E-state index is 11.5. The van der Waals surface area contributed by atoms with E-state index in [1.54, 1.807) is 6.92 Å². The predicted molar refractivity (Wildman–Crippen MR) is 67.6 cm³/mol. The first-order valence-corrected chi connectivity index (χ1v) is 6.05. The van der Waals surface area contributed by atoms with Gasteiger partial charge in [0.15, 0.2) is 5.78 Å². The van der Waals surface area contributed by atoms with Crippen LogP contribution < -0.4 is 4.74 Å². The summed E-state index contributed by atoms with van der Waals surface area (Å²) in [5.74, 6) is -0.0913. The number of hydrogen-bond acceptors (Lipinski definition) is 4. The van der Waals surface area contributed by atoms with Crippen molar-refractivity contribution in [3.63, 3.8) is 0 Å². The summed E-state index contributed by atoms with van der Waals surface area (Å²) in [6.45, 7) is 3.90. The van der Waals surface area contributed by atoms with Gasteiger partial charge in [0, 0.05) is 0 Å². The molecule has 98 valence electrons. The fraction of sp³-hybridized carbons (Fsp3) is 0.429. The number of hydrogen-bond donors (Lipinski definition) is 0. The van der Waals surface area contributed by atoms with E-state index in [1.165, 1.54) is 0 Å². The Hall–Kier alpha value is -1.84. The first kappa shape index (κ1) is 14.2. The van der Waals surface area contributed by atoms with E-state index >= 15 is 0 Å². The van der Waals surface area contributed by atoms with Crippen LogP contribution in [-0.4, -0.2) is 25.0 Å². The van der Waals surface area contributed by atoms with E-state index in [0.717, 1.165) is 12.0 Å². The van der Waals surface area contributed by atoms with Crippen LogP contribution in [0.2, 0.25) is 0 Å². The second-order valence-electron chi connectivity index (χ2n) is 3.77. The lowest BCUT2D eigenvalue weighted by Crippen LogP contribution is -2.17. The number of carbonyl (C=O) groups is 2. The maximum Gasteiger partial charge on any atom is 0.313 e. The van der Waals surface area contributed by atoms with Crippen LogP contribution in [-0.2, 0) is 20.7 Å². The molecule has 0 aliphatic rings. The van der Waals surface area contributed by atoms with Crippen molar-refractivity contribution < 1.29 is 19.1 Å². The fourth-order valence-corrected chi connectivity index (χ4v) is 1.52. The van der Waals surface area contributed by atoms with Gasteiger partial charge in [-0.05, 0) is 25.0 Å². The molecule has 1 aromatic carbocycles. The SMILES string of the molecule is CCOC(=O)CC(=O)COc1ccccc1CC. The lowest BCUT2D eigenvalue weighted by molar-refractivity contribution is -0.145. The van der Waals surface area contributed by atoms with Gasteiger partial charge < -0.3 is 9.47 Å². The summed E-state index contributed by atoms with van der Waals surface area (Å²) in [7, 11) is 0. The second kappa shape index (κ2) is 7.48. The normalized spacial score (nSPS) is 9.89. The molecule has 18 heavy (non-hydrogen) atoms. The number of carbonyl (C=O) groups excluding carboxylic acids is 2. The van der Waals surface area contributed by atoms with Crippen molar-refractivity contribution in [3.05, 3.63) is 29.8 Å². The lowest BCUT2D eigenvalue weighted by Gasteiger charge is -2.09. The van der Waals surface area contributed by atoms with Crippen molar-refractivity contribution >= 4 is 11.8 Å². The first-order valence-electron chi connectivity index (χ1n) is 6.05. The topological polar surface area (TPSA) is 52.6 Å². The summed E-state index contributed by atoms with van der Waals surface area (Å²) >= 11 is 0. The summed E-state index contributed by atoms with van der Waals surface area (Å²) in [5, 5.41) is 0.